The van der Waals surface area contributed by atoms with Crippen molar-refractivity contribution in [3.05, 3.63) is 89.2 Å². The number of rotatable bonds is 4. The van der Waals surface area contributed by atoms with Crippen LogP contribution < -0.4 is 0 Å². The first-order valence-electron chi connectivity index (χ1n) is 12.0. The van der Waals surface area contributed by atoms with Gasteiger partial charge in [-0.15, -0.1) is 0 Å². The predicted molar refractivity (Wildman–Crippen MR) is 130 cm³/mol. The molecule has 1 spiro atoms. The molecule has 3 aromatic rings. The van der Waals surface area contributed by atoms with Crippen LogP contribution in [0.3, 0.4) is 0 Å². The van der Waals surface area contributed by atoms with Gasteiger partial charge in [0.1, 0.15) is 5.54 Å². The van der Waals surface area contributed by atoms with Gasteiger partial charge < -0.3 is 4.90 Å². The number of hydrogen-bond donors (Lipinski definition) is 0. The second-order valence-electron chi connectivity index (χ2n) is 9.73. The Morgan fingerprint density at radius 1 is 0.882 bits per heavy atom. The Morgan fingerprint density at radius 3 is 2.47 bits per heavy atom. The number of aromatic nitrogens is 1. The lowest BCUT2D eigenvalue weighted by Crippen LogP contribution is -2.55. The van der Waals surface area contributed by atoms with Crippen LogP contribution in [0.5, 0.6) is 0 Å². The summed E-state index contributed by atoms with van der Waals surface area (Å²) in [4.78, 5) is 36.0. The molecule has 0 unspecified atom stereocenters. The summed E-state index contributed by atoms with van der Waals surface area (Å²) in [6, 6.07) is 19.0. The van der Waals surface area contributed by atoms with E-state index in [4.69, 9.17) is 0 Å². The molecule has 6 heteroatoms. The van der Waals surface area contributed by atoms with Crippen molar-refractivity contribution in [3.63, 3.8) is 0 Å². The van der Waals surface area contributed by atoms with E-state index in [1.54, 1.807) is 24.3 Å². The van der Waals surface area contributed by atoms with Crippen LogP contribution in [0.2, 0.25) is 0 Å². The molecule has 2 aromatic carbocycles. The maximum absolute atomic E-state index is 13.4. The third-order valence-electron chi connectivity index (χ3n) is 7.81. The van der Waals surface area contributed by atoms with E-state index in [1.165, 1.54) is 32.7 Å². The molecule has 0 radical (unpaired) electrons. The minimum atomic E-state index is -0.727. The second-order valence-corrected chi connectivity index (χ2v) is 9.73. The van der Waals surface area contributed by atoms with Crippen LogP contribution in [0.1, 0.15) is 35.1 Å². The average molecular weight is 453 g/mol. The topological polar surface area (TPSA) is 56.8 Å². The summed E-state index contributed by atoms with van der Waals surface area (Å²) < 4.78 is 0. The molecule has 3 heterocycles. The molecule has 34 heavy (non-hydrogen) atoms. The standard InChI is InChI=1S/C28H28N4O2/c1-30-27(34)32(19-21-5-4-12-29-17-21)26(33)28(30)10-13-31(14-11-28)18-20-8-9-25-23(15-20)16-22-6-2-3-7-24(22)25/h2-9,12,15,17H,10-11,13-14,16,18-19H2,1H3. The number of carbonyl (C=O) groups is 2. The van der Waals surface area contributed by atoms with Crippen LogP contribution in [-0.4, -0.2) is 57.3 Å². The molecule has 6 nitrogen and oxygen atoms in total. The fourth-order valence-corrected chi connectivity index (χ4v) is 5.84. The van der Waals surface area contributed by atoms with E-state index in [2.05, 4.69) is 52.3 Å². The number of hydrogen-bond acceptors (Lipinski definition) is 4. The van der Waals surface area contributed by atoms with Crippen LogP contribution in [0, 0.1) is 0 Å². The molecular weight excluding hydrogens is 424 g/mol. The third kappa shape index (κ3) is 3.32. The molecule has 2 fully saturated rings. The van der Waals surface area contributed by atoms with Crippen molar-refractivity contribution in [3.8, 4) is 11.1 Å². The number of pyridine rings is 1. The lowest BCUT2D eigenvalue weighted by molar-refractivity contribution is -0.135. The Labute approximate surface area is 199 Å². The van der Waals surface area contributed by atoms with E-state index in [0.717, 1.165) is 31.6 Å². The molecule has 0 saturated carbocycles. The van der Waals surface area contributed by atoms with Crippen molar-refractivity contribution in [2.75, 3.05) is 20.1 Å². The van der Waals surface area contributed by atoms with Gasteiger partial charge in [-0.25, -0.2) is 4.79 Å². The molecule has 1 aromatic heterocycles. The molecule has 2 aliphatic heterocycles. The Bertz CT molecular complexity index is 1260. The van der Waals surface area contributed by atoms with Gasteiger partial charge in [0.2, 0.25) is 0 Å². The first-order chi connectivity index (χ1) is 16.5. The lowest BCUT2D eigenvalue weighted by atomic mass is 9.86. The van der Waals surface area contributed by atoms with Crippen LogP contribution in [0.15, 0.2) is 67.0 Å². The minimum absolute atomic E-state index is 0.0706. The first kappa shape index (κ1) is 21.1. The quantitative estimate of drug-likeness (QED) is 0.438. The number of imide groups is 1. The summed E-state index contributed by atoms with van der Waals surface area (Å²) in [5, 5.41) is 0. The highest BCUT2D eigenvalue weighted by Crippen LogP contribution is 2.39. The number of piperidine rings is 1. The lowest BCUT2D eigenvalue weighted by Gasteiger charge is -2.40. The van der Waals surface area contributed by atoms with Crippen molar-refractivity contribution < 1.29 is 9.59 Å². The van der Waals surface area contributed by atoms with E-state index in [1.807, 2.05) is 12.1 Å². The van der Waals surface area contributed by atoms with Gasteiger partial charge in [0, 0.05) is 39.1 Å². The van der Waals surface area contributed by atoms with Crippen molar-refractivity contribution >= 4 is 11.9 Å². The van der Waals surface area contributed by atoms with Crippen LogP contribution >= 0.6 is 0 Å². The summed E-state index contributed by atoms with van der Waals surface area (Å²) in [5.41, 5.74) is 6.95. The third-order valence-corrected chi connectivity index (χ3v) is 7.81. The highest BCUT2D eigenvalue weighted by Gasteiger charge is 2.56. The molecule has 3 aliphatic rings. The van der Waals surface area contributed by atoms with E-state index in [0.29, 0.717) is 12.8 Å². The molecule has 0 N–H and O–H groups in total. The Kier molecular flexibility index (Phi) is 4.99. The van der Waals surface area contributed by atoms with Gasteiger partial charge in [-0.05, 0) is 58.7 Å². The Morgan fingerprint density at radius 2 is 1.68 bits per heavy atom. The van der Waals surface area contributed by atoms with Crippen LogP contribution in [0.25, 0.3) is 11.1 Å². The van der Waals surface area contributed by atoms with E-state index in [-0.39, 0.29) is 18.5 Å². The average Bonchev–Trinajstić information content (AvgIpc) is 3.31. The summed E-state index contributed by atoms with van der Waals surface area (Å²) in [5.74, 6) is -0.0706. The number of likely N-dealkylation sites (N-methyl/N-ethyl adjacent to an activating group) is 1. The van der Waals surface area contributed by atoms with Crippen LogP contribution in [-0.2, 0) is 24.3 Å². The zero-order chi connectivity index (χ0) is 23.3. The molecular formula is C28H28N4O2. The summed E-state index contributed by atoms with van der Waals surface area (Å²) in [6.45, 7) is 2.73. The number of fused-ring (bicyclic) bond motifs is 3. The van der Waals surface area contributed by atoms with Gasteiger partial charge in [0.15, 0.2) is 0 Å². The normalized spacial score (nSPS) is 19.1. The molecule has 1 aliphatic carbocycles. The smallest absolute Gasteiger partial charge is 0.312 e. The van der Waals surface area contributed by atoms with Crippen molar-refractivity contribution in [1.29, 1.82) is 0 Å². The van der Waals surface area contributed by atoms with Gasteiger partial charge in [-0.1, -0.05) is 48.5 Å². The van der Waals surface area contributed by atoms with Crippen molar-refractivity contribution in [1.82, 2.24) is 19.7 Å². The van der Waals surface area contributed by atoms with E-state index in [9.17, 15) is 9.59 Å². The number of benzene rings is 2. The number of carbonyl (C=O) groups excluding carboxylic acids is 2. The summed E-state index contributed by atoms with van der Waals surface area (Å²) >= 11 is 0. The molecule has 6 rings (SSSR count). The summed E-state index contributed by atoms with van der Waals surface area (Å²) in [6.07, 6.45) is 5.72. The Hall–Kier alpha value is -3.51. The SMILES string of the molecule is CN1C(=O)N(Cc2cccnc2)C(=O)C12CCN(Cc1ccc3c(c1)Cc1ccccc1-3)CC2. The molecule has 0 atom stereocenters. The monoisotopic (exact) mass is 452 g/mol. The maximum atomic E-state index is 13.4. The minimum Gasteiger partial charge on any atom is -0.312 e. The van der Waals surface area contributed by atoms with E-state index >= 15 is 0 Å². The van der Waals surface area contributed by atoms with Gasteiger partial charge in [0.25, 0.3) is 5.91 Å². The second kappa shape index (κ2) is 8.06. The van der Waals surface area contributed by atoms with Crippen LogP contribution in [0.4, 0.5) is 4.79 Å². The number of urea groups is 1. The Balaban J connectivity index is 1.13. The molecule has 3 amide bonds. The highest BCUT2D eigenvalue weighted by molar-refractivity contribution is 6.06. The molecule has 2 saturated heterocycles. The van der Waals surface area contributed by atoms with E-state index < -0.39 is 5.54 Å². The van der Waals surface area contributed by atoms with Gasteiger partial charge >= 0.3 is 6.03 Å². The number of likely N-dealkylation sites (tertiary alicyclic amines) is 1. The van der Waals surface area contributed by atoms with Gasteiger partial charge in [-0.3, -0.25) is 19.6 Å². The fraction of sp³-hybridized carbons (Fsp3) is 0.321. The van der Waals surface area contributed by atoms with Gasteiger partial charge in [0.05, 0.1) is 6.54 Å². The molecule has 0 bridgehead atoms. The van der Waals surface area contributed by atoms with Gasteiger partial charge in [-0.2, -0.15) is 0 Å². The van der Waals surface area contributed by atoms with Crippen molar-refractivity contribution in [2.24, 2.45) is 0 Å². The predicted octanol–water partition coefficient (Wildman–Crippen LogP) is 4.08. The number of amides is 3. The zero-order valence-corrected chi connectivity index (χ0v) is 19.4. The largest absolute Gasteiger partial charge is 0.327 e. The molecule has 172 valence electrons. The number of nitrogens with zero attached hydrogens (tertiary/aromatic N) is 4. The summed E-state index contributed by atoms with van der Waals surface area (Å²) in [7, 11) is 1.78. The van der Waals surface area contributed by atoms with Crippen molar-refractivity contribution in [2.45, 2.75) is 37.9 Å². The first-order valence-corrected chi connectivity index (χ1v) is 12.0. The zero-order valence-electron chi connectivity index (χ0n) is 19.4. The maximum Gasteiger partial charge on any atom is 0.327 e. The fourth-order valence-electron chi connectivity index (χ4n) is 5.84. The highest BCUT2D eigenvalue weighted by atomic mass is 16.2.